The lowest BCUT2D eigenvalue weighted by molar-refractivity contribution is -0.151. The Morgan fingerprint density at radius 2 is 1.00 bits per heavy atom. The van der Waals surface area contributed by atoms with Crippen LogP contribution in [0.25, 0.3) is 0 Å². The van der Waals surface area contributed by atoms with Crippen molar-refractivity contribution in [3.8, 4) is 5.75 Å². The lowest BCUT2D eigenvalue weighted by Crippen LogP contribution is -2.36. The molecule has 53 heavy (non-hydrogen) atoms. The van der Waals surface area contributed by atoms with Crippen molar-refractivity contribution in [2.45, 2.75) is 90.6 Å². The van der Waals surface area contributed by atoms with Crippen LogP contribution in [0.1, 0.15) is 95.3 Å². The van der Waals surface area contributed by atoms with E-state index in [2.05, 4.69) is 15.4 Å². The highest BCUT2D eigenvalue weighted by Gasteiger charge is 2.25. The summed E-state index contributed by atoms with van der Waals surface area (Å²) in [6, 6.07) is 6.10. The van der Waals surface area contributed by atoms with Gasteiger partial charge in [-0.05, 0) is 76.6 Å². The minimum atomic E-state index is -1.50. The molecule has 0 radical (unpaired) electrons. The maximum atomic E-state index is 12.1. The van der Waals surface area contributed by atoms with Crippen LogP contribution in [0.3, 0.4) is 0 Å². The van der Waals surface area contributed by atoms with Crippen LogP contribution in [0.2, 0.25) is 0 Å². The van der Waals surface area contributed by atoms with E-state index in [1.54, 1.807) is 12.1 Å². The van der Waals surface area contributed by atoms with E-state index < -0.39 is 53.9 Å². The average Bonchev–Trinajstić information content (AvgIpc) is 3.09. The van der Waals surface area contributed by atoms with Gasteiger partial charge in [-0.1, -0.05) is 0 Å². The van der Waals surface area contributed by atoms with Gasteiger partial charge in [0.2, 0.25) is 11.8 Å². The van der Waals surface area contributed by atoms with Crippen LogP contribution in [-0.4, -0.2) is 111 Å². The quantitative estimate of drug-likeness (QED) is 0.0364. The number of Topliss-reactive ketones (excluding diaryl/α,β-unsaturated/α-hetero) is 1. The number of carbonyl (C=O) groups excluding carboxylic acids is 8. The van der Waals surface area contributed by atoms with Crippen LogP contribution in [-0.2, 0) is 57.2 Å². The first-order valence-corrected chi connectivity index (χ1v) is 17.5. The van der Waals surface area contributed by atoms with Crippen molar-refractivity contribution in [1.29, 1.82) is 0 Å². The summed E-state index contributed by atoms with van der Waals surface area (Å²) in [5, 5.41) is 14.7. The summed E-state index contributed by atoms with van der Waals surface area (Å²) in [6.45, 7) is 4.36. The summed E-state index contributed by atoms with van der Waals surface area (Å²) >= 11 is 0. The second-order valence-electron chi connectivity index (χ2n) is 12.2. The number of esters is 5. The molecule has 2 amide bonds. The topological polar surface area (TPSA) is 236 Å². The zero-order chi connectivity index (χ0) is 39.5. The first-order chi connectivity index (χ1) is 25.2. The number of hydrogen-bond acceptors (Lipinski definition) is 15. The van der Waals surface area contributed by atoms with Crippen molar-refractivity contribution in [3.05, 3.63) is 29.8 Å². The van der Waals surface area contributed by atoms with Gasteiger partial charge < -0.3 is 44.2 Å². The minimum absolute atomic E-state index is 0.00730. The number of hydrogen-bond donors (Lipinski definition) is 3. The Bertz CT molecular complexity index is 1340. The Balaban J connectivity index is 1.98. The van der Waals surface area contributed by atoms with Gasteiger partial charge in [-0.2, -0.15) is 0 Å². The summed E-state index contributed by atoms with van der Waals surface area (Å²) in [5.41, 5.74) is -1.18. The molecule has 17 heteroatoms. The summed E-state index contributed by atoms with van der Waals surface area (Å²) in [5.74, 6) is -3.88. The van der Waals surface area contributed by atoms with E-state index in [4.69, 9.17) is 23.7 Å². The van der Waals surface area contributed by atoms with Gasteiger partial charge >= 0.3 is 29.8 Å². The summed E-state index contributed by atoms with van der Waals surface area (Å²) in [4.78, 5) is 93.7. The van der Waals surface area contributed by atoms with Crippen molar-refractivity contribution in [2.24, 2.45) is 0 Å². The fraction of sp³-hybridized carbons (Fsp3) is 0.611. The molecular formula is C36H52N2O15. The third-order valence-electron chi connectivity index (χ3n) is 6.89. The lowest BCUT2D eigenvalue weighted by atomic mass is 9.97. The monoisotopic (exact) mass is 752 g/mol. The number of rotatable bonds is 28. The van der Waals surface area contributed by atoms with E-state index in [0.29, 0.717) is 49.8 Å². The first kappa shape index (κ1) is 46.0. The molecule has 0 bridgehead atoms. The van der Waals surface area contributed by atoms with Crippen molar-refractivity contribution in [1.82, 2.24) is 10.6 Å². The Kier molecular flexibility index (Phi) is 23.1. The number of ether oxygens (including phenoxy) is 6. The predicted octanol–water partition coefficient (Wildman–Crippen LogP) is 1.89. The fourth-order valence-electron chi connectivity index (χ4n) is 4.22. The molecule has 17 nitrogen and oxygen atoms in total. The Hall–Kier alpha value is -5.06. The van der Waals surface area contributed by atoms with E-state index >= 15 is 0 Å². The highest BCUT2D eigenvalue weighted by atomic mass is 16.6. The van der Waals surface area contributed by atoms with Crippen LogP contribution in [0, 0.1) is 0 Å². The fourth-order valence-corrected chi connectivity index (χ4v) is 4.22. The molecule has 0 aliphatic heterocycles. The number of unbranched alkanes of at least 4 members (excludes halogenated alkanes) is 4. The average molecular weight is 753 g/mol. The molecule has 296 valence electrons. The molecule has 0 unspecified atom stereocenters. The molecule has 0 fully saturated rings. The zero-order valence-electron chi connectivity index (χ0n) is 30.7. The molecule has 1 aromatic rings. The largest absolute Gasteiger partial charge is 0.490 e. The highest BCUT2D eigenvalue weighted by Crippen LogP contribution is 2.17. The van der Waals surface area contributed by atoms with Crippen molar-refractivity contribution in [2.75, 3.05) is 52.7 Å². The second-order valence-corrected chi connectivity index (χ2v) is 12.2. The van der Waals surface area contributed by atoms with Gasteiger partial charge in [0.15, 0.2) is 5.78 Å². The number of amides is 2. The van der Waals surface area contributed by atoms with E-state index in [0.717, 1.165) is 0 Å². The summed E-state index contributed by atoms with van der Waals surface area (Å²) in [6.07, 6.45) is 2.92. The van der Waals surface area contributed by atoms with Crippen molar-refractivity contribution >= 4 is 47.4 Å². The molecule has 0 aromatic heterocycles. The third-order valence-corrected chi connectivity index (χ3v) is 6.89. The van der Waals surface area contributed by atoms with Gasteiger partial charge in [0, 0.05) is 38.4 Å². The highest BCUT2D eigenvalue weighted by molar-refractivity contribution is 6.01. The minimum Gasteiger partial charge on any atom is -0.490 e. The molecule has 0 aliphatic carbocycles. The van der Waals surface area contributed by atoms with E-state index in [-0.39, 0.29) is 77.5 Å². The first-order valence-electron chi connectivity index (χ1n) is 17.5. The van der Waals surface area contributed by atoms with Crippen molar-refractivity contribution < 1.29 is 71.9 Å². The molecule has 1 aromatic carbocycles. The maximum absolute atomic E-state index is 12.1. The molecule has 0 atom stereocenters. The predicted molar refractivity (Wildman–Crippen MR) is 185 cm³/mol. The van der Waals surface area contributed by atoms with Crippen LogP contribution in [0.5, 0.6) is 5.75 Å². The number of carbonyl (C=O) groups is 8. The molecular weight excluding hydrogens is 700 g/mol. The second kappa shape index (κ2) is 26.7. The SMILES string of the molecule is CC(=O)OCCOC(=O)CCCCCOC(=O)CCCCCOC(=O)CC(=O)NCCNC(=O)CC(=O)OCCOc1ccc(C(=O)C(C)(C)O)cc1. The Morgan fingerprint density at radius 1 is 0.566 bits per heavy atom. The normalized spacial score (nSPS) is 10.7. The standard InChI is InChI=1S/C36H52N2O15/c1-26(39)48-20-22-52-32(43)11-7-4-8-18-50-31(42)10-6-5-9-19-51-33(44)24-29(40)37-16-17-38-30(41)25-34(45)53-23-21-49-28-14-12-27(13-15-28)35(46)36(2,3)47/h12-15,47H,4-11,16-25H2,1-3H3,(H,37,40)(H,38,41). The molecule has 0 heterocycles. The van der Waals surface area contributed by atoms with Crippen LogP contribution < -0.4 is 15.4 Å². The van der Waals surface area contributed by atoms with Crippen LogP contribution >= 0.6 is 0 Å². The van der Waals surface area contributed by atoms with Gasteiger partial charge in [-0.25, -0.2) is 0 Å². The Morgan fingerprint density at radius 3 is 1.49 bits per heavy atom. The number of benzene rings is 1. The zero-order valence-corrected chi connectivity index (χ0v) is 30.7. The molecule has 1 rings (SSSR count). The molecule has 0 aliphatic rings. The van der Waals surface area contributed by atoms with E-state index in [1.807, 2.05) is 0 Å². The van der Waals surface area contributed by atoms with Gasteiger partial charge in [-0.15, -0.1) is 0 Å². The van der Waals surface area contributed by atoms with E-state index in [1.165, 1.54) is 32.9 Å². The van der Waals surface area contributed by atoms with Gasteiger partial charge in [0.1, 0.15) is 50.6 Å². The van der Waals surface area contributed by atoms with Crippen LogP contribution in [0.15, 0.2) is 24.3 Å². The summed E-state index contributed by atoms with van der Waals surface area (Å²) in [7, 11) is 0. The molecule has 0 saturated carbocycles. The molecule has 3 N–H and O–H groups in total. The maximum Gasteiger partial charge on any atom is 0.315 e. The lowest BCUT2D eigenvalue weighted by Gasteiger charge is -2.15. The van der Waals surface area contributed by atoms with Gasteiger partial charge in [0.05, 0.1) is 13.2 Å². The summed E-state index contributed by atoms with van der Waals surface area (Å²) < 4.78 is 30.2. The smallest absolute Gasteiger partial charge is 0.315 e. The van der Waals surface area contributed by atoms with Crippen LogP contribution in [0.4, 0.5) is 0 Å². The number of ketones is 1. The molecule has 0 spiro atoms. The number of nitrogens with one attached hydrogen (secondary N) is 2. The van der Waals surface area contributed by atoms with Crippen molar-refractivity contribution in [3.63, 3.8) is 0 Å². The Labute approximate surface area is 308 Å². The van der Waals surface area contributed by atoms with Gasteiger partial charge in [0.25, 0.3) is 0 Å². The van der Waals surface area contributed by atoms with E-state index in [9.17, 15) is 43.5 Å². The molecule has 0 saturated heterocycles. The number of aliphatic hydroxyl groups is 1. The third kappa shape index (κ3) is 24.7. The van der Waals surface area contributed by atoms with Gasteiger partial charge in [-0.3, -0.25) is 38.4 Å².